The molecule has 0 aliphatic carbocycles. The summed E-state index contributed by atoms with van der Waals surface area (Å²) in [6, 6.07) is 7.56. The maximum atomic E-state index is 11.1. The average molecular weight is 280 g/mol. The summed E-state index contributed by atoms with van der Waals surface area (Å²) in [5.41, 5.74) is 6.17. The van der Waals surface area contributed by atoms with Crippen LogP contribution in [0.1, 0.15) is 16.2 Å². The van der Waals surface area contributed by atoms with Crippen LogP contribution in [-0.2, 0) is 13.6 Å². The minimum absolute atomic E-state index is 0.126. The molecule has 1 heterocycles. The van der Waals surface area contributed by atoms with E-state index in [1.54, 1.807) is 11.6 Å². The summed E-state index contributed by atoms with van der Waals surface area (Å²) < 4.78 is 1.55. The third-order valence-corrected chi connectivity index (χ3v) is 3.15. The van der Waals surface area contributed by atoms with Gasteiger partial charge in [-0.05, 0) is 11.6 Å². The summed E-state index contributed by atoms with van der Waals surface area (Å²) in [6.07, 6.45) is 0. The second-order valence-electron chi connectivity index (χ2n) is 4.19. The fourth-order valence-electron chi connectivity index (χ4n) is 1.82. The maximum Gasteiger partial charge on any atom is 0.286 e. The molecule has 19 heavy (non-hydrogen) atoms. The lowest BCUT2D eigenvalue weighted by Crippen LogP contribution is -2.22. The molecule has 0 bridgehead atoms. The average Bonchev–Trinajstić information content (AvgIpc) is 2.74. The van der Waals surface area contributed by atoms with Crippen LogP contribution in [0.2, 0.25) is 5.02 Å². The molecule has 0 radical (unpaired) electrons. The predicted octanol–water partition coefficient (Wildman–Crippen LogP) is 1.20. The van der Waals surface area contributed by atoms with E-state index in [1.807, 2.05) is 36.2 Å². The summed E-state index contributed by atoms with van der Waals surface area (Å²) >= 11 is 6.11. The van der Waals surface area contributed by atoms with Gasteiger partial charge in [0.05, 0.1) is 0 Å². The number of rotatable bonds is 4. The molecule has 1 amide bonds. The van der Waals surface area contributed by atoms with E-state index in [-0.39, 0.29) is 5.82 Å². The van der Waals surface area contributed by atoms with Crippen molar-refractivity contribution in [1.29, 1.82) is 0 Å². The van der Waals surface area contributed by atoms with Crippen molar-refractivity contribution in [3.05, 3.63) is 40.7 Å². The third kappa shape index (κ3) is 2.68. The highest BCUT2D eigenvalue weighted by atomic mass is 35.5. The number of nitrogens with zero attached hydrogens (tertiary/aromatic N) is 4. The van der Waals surface area contributed by atoms with Gasteiger partial charge in [0.15, 0.2) is 0 Å². The van der Waals surface area contributed by atoms with Gasteiger partial charge < -0.3 is 10.6 Å². The van der Waals surface area contributed by atoms with Gasteiger partial charge in [0.2, 0.25) is 11.8 Å². The Labute approximate surface area is 115 Å². The number of aromatic nitrogens is 3. The number of nitrogens with two attached hydrogens (primary N) is 1. The maximum absolute atomic E-state index is 11.1. The minimum atomic E-state index is -0.604. The Hall–Kier alpha value is -2.08. The normalized spacial score (nSPS) is 10.5. The number of hydrogen-bond donors (Lipinski definition) is 1. The van der Waals surface area contributed by atoms with Gasteiger partial charge in [-0.1, -0.05) is 29.8 Å². The summed E-state index contributed by atoms with van der Waals surface area (Å²) in [5.74, 6) is 0.0714. The van der Waals surface area contributed by atoms with Crippen molar-refractivity contribution < 1.29 is 4.79 Å². The van der Waals surface area contributed by atoms with E-state index >= 15 is 0 Å². The lowest BCUT2D eigenvalue weighted by molar-refractivity contribution is 0.0987. The molecule has 2 aromatic rings. The topological polar surface area (TPSA) is 77.0 Å². The van der Waals surface area contributed by atoms with Crippen molar-refractivity contribution in [3.63, 3.8) is 0 Å². The molecule has 0 aliphatic rings. The highest BCUT2D eigenvalue weighted by molar-refractivity contribution is 6.31. The third-order valence-electron chi connectivity index (χ3n) is 2.78. The van der Waals surface area contributed by atoms with E-state index in [2.05, 4.69) is 10.2 Å². The van der Waals surface area contributed by atoms with E-state index in [9.17, 15) is 4.79 Å². The largest absolute Gasteiger partial charge is 0.363 e. The van der Waals surface area contributed by atoms with Crippen molar-refractivity contribution in [2.24, 2.45) is 12.8 Å². The van der Waals surface area contributed by atoms with E-state index in [0.717, 1.165) is 5.56 Å². The predicted molar refractivity (Wildman–Crippen MR) is 73.1 cm³/mol. The molecular weight excluding hydrogens is 266 g/mol. The van der Waals surface area contributed by atoms with Crippen LogP contribution < -0.4 is 10.6 Å². The zero-order chi connectivity index (χ0) is 14.0. The SMILES string of the molecule is CN(Cc1ccccc1Cl)c1nnc(C(N)=O)n1C. The molecule has 0 fully saturated rings. The molecular formula is C12H14ClN5O. The number of amides is 1. The molecule has 0 atom stereocenters. The summed E-state index contributed by atoms with van der Waals surface area (Å²) in [6.45, 7) is 0.560. The second kappa shape index (κ2) is 5.27. The van der Waals surface area contributed by atoms with Crippen molar-refractivity contribution in [2.45, 2.75) is 6.54 Å². The molecule has 2 rings (SSSR count). The van der Waals surface area contributed by atoms with Gasteiger partial charge in [-0.3, -0.25) is 9.36 Å². The number of carbonyl (C=O) groups excluding carboxylic acids is 1. The summed E-state index contributed by atoms with van der Waals surface area (Å²) in [7, 11) is 3.54. The van der Waals surface area contributed by atoms with Crippen molar-refractivity contribution >= 4 is 23.5 Å². The monoisotopic (exact) mass is 279 g/mol. The Morgan fingerprint density at radius 1 is 1.42 bits per heavy atom. The quantitative estimate of drug-likeness (QED) is 0.912. The number of anilines is 1. The molecule has 0 saturated carbocycles. The first-order valence-corrected chi connectivity index (χ1v) is 6.02. The lowest BCUT2D eigenvalue weighted by Gasteiger charge is -2.18. The van der Waals surface area contributed by atoms with Crippen molar-refractivity contribution in [3.8, 4) is 0 Å². The number of primary amides is 1. The molecule has 100 valence electrons. The molecule has 1 aromatic carbocycles. The molecule has 2 N–H and O–H groups in total. The molecule has 0 spiro atoms. The highest BCUT2D eigenvalue weighted by Gasteiger charge is 2.16. The zero-order valence-electron chi connectivity index (χ0n) is 10.7. The second-order valence-corrected chi connectivity index (χ2v) is 4.60. The molecule has 7 heteroatoms. The standard InChI is InChI=1S/C12H14ClN5O/c1-17(7-8-5-3-4-6-9(8)13)12-16-15-11(10(14)19)18(12)2/h3-6H,7H2,1-2H3,(H2,14,19). The Bertz CT molecular complexity index is 610. The molecule has 0 aliphatic heterocycles. The smallest absolute Gasteiger partial charge is 0.286 e. The number of halogens is 1. The molecule has 0 saturated heterocycles. The Kier molecular flexibility index (Phi) is 3.71. The Morgan fingerprint density at radius 2 is 2.11 bits per heavy atom. The van der Waals surface area contributed by atoms with Crippen LogP contribution in [0.25, 0.3) is 0 Å². The first kappa shape index (κ1) is 13.4. The molecule has 0 unspecified atom stereocenters. The first-order valence-electron chi connectivity index (χ1n) is 5.64. The number of carbonyl (C=O) groups is 1. The van der Waals surface area contributed by atoms with Crippen LogP contribution in [-0.4, -0.2) is 27.7 Å². The van der Waals surface area contributed by atoms with E-state index in [4.69, 9.17) is 17.3 Å². The van der Waals surface area contributed by atoms with E-state index in [0.29, 0.717) is 17.5 Å². The fraction of sp³-hybridized carbons (Fsp3) is 0.250. The lowest BCUT2D eigenvalue weighted by atomic mass is 10.2. The van der Waals surface area contributed by atoms with Gasteiger partial charge in [0.1, 0.15) is 0 Å². The van der Waals surface area contributed by atoms with Gasteiger partial charge in [0.25, 0.3) is 5.91 Å². The van der Waals surface area contributed by atoms with Gasteiger partial charge in [0, 0.05) is 25.7 Å². The van der Waals surface area contributed by atoms with Crippen LogP contribution >= 0.6 is 11.6 Å². The van der Waals surface area contributed by atoms with Gasteiger partial charge in [-0.25, -0.2) is 0 Å². The van der Waals surface area contributed by atoms with Crippen LogP contribution in [0.4, 0.5) is 5.95 Å². The number of benzene rings is 1. The first-order chi connectivity index (χ1) is 9.00. The summed E-state index contributed by atoms with van der Waals surface area (Å²) in [4.78, 5) is 13.0. The minimum Gasteiger partial charge on any atom is -0.363 e. The van der Waals surface area contributed by atoms with Crippen molar-refractivity contribution in [1.82, 2.24) is 14.8 Å². The van der Waals surface area contributed by atoms with Crippen molar-refractivity contribution in [2.75, 3.05) is 11.9 Å². The molecule has 1 aromatic heterocycles. The van der Waals surface area contributed by atoms with Crippen LogP contribution in [0.15, 0.2) is 24.3 Å². The fourth-order valence-corrected chi connectivity index (χ4v) is 2.02. The van der Waals surface area contributed by atoms with E-state index < -0.39 is 5.91 Å². The Balaban J connectivity index is 2.23. The number of hydrogen-bond acceptors (Lipinski definition) is 4. The van der Waals surface area contributed by atoms with E-state index in [1.165, 1.54) is 0 Å². The highest BCUT2D eigenvalue weighted by Crippen LogP contribution is 2.19. The molecule has 6 nitrogen and oxygen atoms in total. The van der Waals surface area contributed by atoms with Gasteiger partial charge in [-0.2, -0.15) is 0 Å². The summed E-state index contributed by atoms with van der Waals surface area (Å²) in [5, 5.41) is 8.41. The van der Waals surface area contributed by atoms with Crippen LogP contribution in [0.3, 0.4) is 0 Å². The Morgan fingerprint density at radius 3 is 2.68 bits per heavy atom. The van der Waals surface area contributed by atoms with Gasteiger partial charge in [-0.15, -0.1) is 10.2 Å². The van der Waals surface area contributed by atoms with Crippen LogP contribution in [0, 0.1) is 0 Å². The van der Waals surface area contributed by atoms with Gasteiger partial charge >= 0.3 is 0 Å². The zero-order valence-corrected chi connectivity index (χ0v) is 11.4. The van der Waals surface area contributed by atoms with Crippen LogP contribution in [0.5, 0.6) is 0 Å².